The zero-order chi connectivity index (χ0) is 12.4. The van der Waals surface area contributed by atoms with Gasteiger partial charge in [0.15, 0.2) is 0 Å². The molecule has 1 aliphatic carbocycles. The topological polar surface area (TPSA) is 24.5 Å². The fraction of sp³-hybridized carbons (Fsp3) is 0.600. The highest BCUT2D eigenvalue weighted by atomic mass is 16.5. The summed E-state index contributed by atoms with van der Waals surface area (Å²) < 4.78 is 5.83. The van der Waals surface area contributed by atoms with E-state index in [2.05, 4.69) is 35.3 Å². The quantitative estimate of drug-likeness (QED) is 0.864. The van der Waals surface area contributed by atoms with E-state index in [1.165, 1.54) is 24.9 Å². The van der Waals surface area contributed by atoms with E-state index in [1.54, 1.807) is 0 Å². The van der Waals surface area contributed by atoms with Crippen molar-refractivity contribution < 1.29 is 4.74 Å². The maximum Gasteiger partial charge on any atom is 0.146 e. The number of benzene rings is 1. The van der Waals surface area contributed by atoms with Gasteiger partial charge in [0, 0.05) is 25.2 Å². The van der Waals surface area contributed by atoms with E-state index in [-0.39, 0.29) is 0 Å². The lowest BCUT2D eigenvalue weighted by Crippen LogP contribution is -2.26. The summed E-state index contributed by atoms with van der Waals surface area (Å²) in [6.45, 7) is 7.31. The smallest absolute Gasteiger partial charge is 0.146 e. The van der Waals surface area contributed by atoms with Gasteiger partial charge in [-0.1, -0.05) is 19.1 Å². The Morgan fingerprint density at radius 1 is 1.39 bits per heavy atom. The molecule has 1 aromatic carbocycles. The number of hydrogen-bond acceptors (Lipinski definition) is 3. The lowest BCUT2D eigenvalue weighted by Gasteiger charge is -2.25. The van der Waals surface area contributed by atoms with E-state index in [9.17, 15) is 0 Å². The molecule has 0 radical (unpaired) electrons. The van der Waals surface area contributed by atoms with Gasteiger partial charge in [0.1, 0.15) is 12.4 Å². The summed E-state index contributed by atoms with van der Waals surface area (Å²) in [5, 5.41) is 3.40. The Hall–Kier alpha value is -1.22. The van der Waals surface area contributed by atoms with Crippen molar-refractivity contribution in [2.45, 2.75) is 26.3 Å². The van der Waals surface area contributed by atoms with Gasteiger partial charge in [-0.05, 0) is 31.4 Å². The number of anilines is 1. The van der Waals surface area contributed by atoms with Crippen molar-refractivity contribution in [3.05, 3.63) is 23.8 Å². The third-order valence-electron chi connectivity index (χ3n) is 3.81. The molecule has 1 N–H and O–H groups in total. The highest BCUT2D eigenvalue weighted by Crippen LogP contribution is 2.34. The number of nitrogens with one attached hydrogen (secondary N) is 1. The van der Waals surface area contributed by atoms with Crippen molar-refractivity contribution >= 4 is 5.69 Å². The summed E-state index contributed by atoms with van der Waals surface area (Å²) in [6.07, 6.45) is 2.84. The molecule has 0 aromatic heterocycles. The van der Waals surface area contributed by atoms with E-state index in [1.807, 2.05) is 0 Å². The molecule has 3 nitrogen and oxygen atoms in total. The van der Waals surface area contributed by atoms with Crippen molar-refractivity contribution in [1.29, 1.82) is 0 Å². The number of ether oxygens (including phenoxy) is 1. The molecule has 3 heteroatoms. The monoisotopic (exact) mass is 246 g/mol. The SMILES string of the molecule is CCN(Cc1cccc2c1OCCN2)CC1CC1. The summed E-state index contributed by atoms with van der Waals surface area (Å²) >= 11 is 0. The molecule has 1 aromatic rings. The maximum atomic E-state index is 5.83. The van der Waals surface area contributed by atoms with Gasteiger partial charge in [-0.25, -0.2) is 0 Å². The third kappa shape index (κ3) is 2.61. The molecule has 0 spiro atoms. The Morgan fingerprint density at radius 2 is 2.28 bits per heavy atom. The van der Waals surface area contributed by atoms with E-state index < -0.39 is 0 Å². The van der Waals surface area contributed by atoms with Crippen LogP contribution < -0.4 is 10.1 Å². The van der Waals surface area contributed by atoms with Gasteiger partial charge in [0.05, 0.1) is 5.69 Å². The molecule has 1 saturated carbocycles. The van der Waals surface area contributed by atoms with Crippen molar-refractivity contribution in [1.82, 2.24) is 4.90 Å². The molecule has 1 heterocycles. The Labute approximate surface area is 109 Å². The molecule has 0 atom stereocenters. The maximum absolute atomic E-state index is 5.83. The van der Waals surface area contributed by atoms with E-state index in [4.69, 9.17) is 4.74 Å². The lowest BCUT2D eigenvalue weighted by molar-refractivity contribution is 0.258. The van der Waals surface area contributed by atoms with Crippen LogP contribution in [0.1, 0.15) is 25.3 Å². The van der Waals surface area contributed by atoms with E-state index >= 15 is 0 Å². The van der Waals surface area contributed by atoms with Gasteiger partial charge in [-0.2, -0.15) is 0 Å². The minimum Gasteiger partial charge on any atom is -0.489 e. The molecule has 2 aliphatic rings. The first-order valence-corrected chi connectivity index (χ1v) is 7.07. The predicted octanol–water partition coefficient (Wildman–Crippen LogP) is 2.72. The van der Waals surface area contributed by atoms with E-state index in [0.29, 0.717) is 0 Å². The predicted molar refractivity (Wildman–Crippen MR) is 74.1 cm³/mol. The Bertz CT molecular complexity index is 415. The fourth-order valence-corrected chi connectivity index (χ4v) is 2.57. The van der Waals surface area contributed by atoms with Gasteiger partial charge in [-0.15, -0.1) is 0 Å². The summed E-state index contributed by atoms with van der Waals surface area (Å²) in [5.41, 5.74) is 2.48. The van der Waals surface area contributed by atoms with Crippen LogP contribution in [0.15, 0.2) is 18.2 Å². The van der Waals surface area contributed by atoms with Crippen molar-refractivity contribution in [2.75, 3.05) is 31.6 Å². The van der Waals surface area contributed by atoms with Crippen LogP contribution in [-0.4, -0.2) is 31.1 Å². The molecule has 0 unspecified atom stereocenters. The zero-order valence-electron chi connectivity index (χ0n) is 11.1. The molecule has 0 bridgehead atoms. The van der Waals surface area contributed by atoms with Crippen LogP contribution in [-0.2, 0) is 6.54 Å². The number of fused-ring (bicyclic) bond motifs is 1. The van der Waals surface area contributed by atoms with Crippen molar-refractivity contribution in [3.8, 4) is 5.75 Å². The average molecular weight is 246 g/mol. The largest absolute Gasteiger partial charge is 0.489 e. The number of hydrogen-bond donors (Lipinski definition) is 1. The van der Waals surface area contributed by atoms with Gasteiger partial charge < -0.3 is 10.1 Å². The molecular formula is C15H22N2O. The Kier molecular flexibility index (Phi) is 3.41. The average Bonchev–Trinajstić information content (AvgIpc) is 3.22. The van der Waals surface area contributed by atoms with Gasteiger partial charge in [0.25, 0.3) is 0 Å². The Balaban J connectivity index is 1.74. The standard InChI is InChI=1S/C15H22N2O/c1-2-17(10-12-6-7-12)11-13-4-3-5-14-15(13)18-9-8-16-14/h3-5,12,16H,2,6-11H2,1H3. The second-order valence-electron chi connectivity index (χ2n) is 5.34. The summed E-state index contributed by atoms with van der Waals surface area (Å²) in [4.78, 5) is 2.53. The molecule has 1 fully saturated rings. The number of para-hydroxylation sites is 1. The van der Waals surface area contributed by atoms with Crippen LogP contribution >= 0.6 is 0 Å². The van der Waals surface area contributed by atoms with Crippen LogP contribution in [0.4, 0.5) is 5.69 Å². The first kappa shape index (κ1) is 11.8. The van der Waals surface area contributed by atoms with Crippen LogP contribution in [0, 0.1) is 5.92 Å². The van der Waals surface area contributed by atoms with Gasteiger partial charge >= 0.3 is 0 Å². The molecular weight excluding hydrogens is 224 g/mol. The highest BCUT2D eigenvalue weighted by Gasteiger charge is 2.24. The third-order valence-corrected chi connectivity index (χ3v) is 3.81. The normalized spacial score (nSPS) is 18.1. The first-order chi connectivity index (χ1) is 8.86. The van der Waals surface area contributed by atoms with E-state index in [0.717, 1.165) is 43.6 Å². The first-order valence-electron chi connectivity index (χ1n) is 7.07. The highest BCUT2D eigenvalue weighted by molar-refractivity contribution is 5.61. The molecule has 18 heavy (non-hydrogen) atoms. The van der Waals surface area contributed by atoms with Crippen LogP contribution in [0.5, 0.6) is 5.75 Å². The minimum atomic E-state index is 0.777. The number of rotatable bonds is 5. The molecule has 0 saturated heterocycles. The zero-order valence-corrected chi connectivity index (χ0v) is 11.1. The summed E-state index contributed by atoms with van der Waals surface area (Å²) in [7, 11) is 0. The molecule has 1 aliphatic heterocycles. The number of nitrogens with zero attached hydrogens (tertiary/aromatic N) is 1. The van der Waals surface area contributed by atoms with Crippen molar-refractivity contribution in [3.63, 3.8) is 0 Å². The second-order valence-corrected chi connectivity index (χ2v) is 5.34. The molecule has 3 rings (SSSR count). The van der Waals surface area contributed by atoms with Crippen LogP contribution in [0.25, 0.3) is 0 Å². The van der Waals surface area contributed by atoms with Gasteiger partial charge in [-0.3, -0.25) is 4.90 Å². The molecule has 0 amide bonds. The van der Waals surface area contributed by atoms with Crippen LogP contribution in [0.3, 0.4) is 0 Å². The van der Waals surface area contributed by atoms with Gasteiger partial charge in [0.2, 0.25) is 0 Å². The van der Waals surface area contributed by atoms with Crippen LogP contribution in [0.2, 0.25) is 0 Å². The minimum absolute atomic E-state index is 0.777. The lowest BCUT2D eigenvalue weighted by atomic mass is 10.1. The summed E-state index contributed by atoms with van der Waals surface area (Å²) in [6, 6.07) is 6.43. The fourth-order valence-electron chi connectivity index (χ4n) is 2.57. The Morgan fingerprint density at radius 3 is 3.06 bits per heavy atom. The summed E-state index contributed by atoms with van der Waals surface area (Å²) in [5.74, 6) is 2.02. The van der Waals surface area contributed by atoms with Crippen molar-refractivity contribution in [2.24, 2.45) is 5.92 Å². The molecule has 98 valence electrons. The second kappa shape index (κ2) is 5.19.